The Hall–Kier alpha value is -1.91. The number of nitrogens with zero attached hydrogens (tertiary/aromatic N) is 2. The molecule has 0 aliphatic heterocycles. The lowest BCUT2D eigenvalue weighted by Gasteiger charge is -2.05. The highest BCUT2D eigenvalue weighted by Crippen LogP contribution is 2.25. The molecule has 3 rings (SSSR count). The van der Waals surface area contributed by atoms with Gasteiger partial charge in [-0.05, 0) is 29.6 Å². The minimum absolute atomic E-state index is 0.110. The highest BCUT2D eigenvalue weighted by molar-refractivity contribution is 7.13. The first kappa shape index (κ1) is 12.1. The van der Waals surface area contributed by atoms with Gasteiger partial charge in [-0.3, -0.25) is 4.79 Å². The molecule has 1 aromatic carbocycles. The van der Waals surface area contributed by atoms with Crippen LogP contribution in [0.5, 0.6) is 0 Å². The molecule has 0 aliphatic rings. The molecule has 0 fully saturated rings. The molecule has 0 bridgehead atoms. The van der Waals surface area contributed by atoms with Crippen molar-refractivity contribution >= 4 is 28.7 Å². The molecule has 19 heavy (non-hydrogen) atoms. The van der Waals surface area contributed by atoms with Crippen LogP contribution in [0.15, 0.2) is 54.0 Å². The number of carbonyl (C=O) groups excluding carboxylic acids is 1. The van der Waals surface area contributed by atoms with Crippen molar-refractivity contribution in [1.82, 2.24) is 9.78 Å². The SMILES string of the molecule is O=C(c1sccc1Cl)c1ccnn1-c1ccccc1. The average molecular weight is 289 g/mol. The predicted octanol–water partition coefficient (Wildman–Crippen LogP) is 3.82. The number of rotatable bonds is 3. The van der Waals surface area contributed by atoms with E-state index in [4.69, 9.17) is 11.6 Å². The van der Waals surface area contributed by atoms with Crippen LogP contribution in [0, 0.1) is 0 Å². The molecule has 0 atom stereocenters. The molecule has 2 aromatic heterocycles. The molecule has 5 heteroatoms. The molecular weight excluding hydrogens is 280 g/mol. The van der Waals surface area contributed by atoms with Gasteiger partial charge in [0.1, 0.15) is 5.69 Å². The Labute approximate surface area is 119 Å². The number of hydrogen-bond acceptors (Lipinski definition) is 3. The third-order valence-electron chi connectivity index (χ3n) is 2.70. The topological polar surface area (TPSA) is 34.9 Å². The zero-order chi connectivity index (χ0) is 13.2. The Morgan fingerprint density at radius 2 is 1.95 bits per heavy atom. The summed E-state index contributed by atoms with van der Waals surface area (Å²) in [5.41, 5.74) is 1.36. The zero-order valence-electron chi connectivity index (χ0n) is 9.79. The number of aromatic nitrogens is 2. The smallest absolute Gasteiger partial charge is 0.222 e. The second kappa shape index (κ2) is 4.99. The number of hydrogen-bond donors (Lipinski definition) is 0. The Morgan fingerprint density at radius 1 is 1.16 bits per heavy atom. The summed E-state index contributed by atoms with van der Waals surface area (Å²) in [6, 6.07) is 13.0. The van der Waals surface area contributed by atoms with Crippen LogP contribution in [0.3, 0.4) is 0 Å². The maximum atomic E-state index is 12.4. The molecule has 3 aromatic rings. The van der Waals surface area contributed by atoms with Gasteiger partial charge in [0.05, 0.1) is 21.8 Å². The molecule has 2 heterocycles. The molecule has 0 unspecified atom stereocenters. The van der Waals surface area contributed by atoms with Crippen LogP contribution in [0.2, 0.25) is 5.02 Å². The van der Waals surface area contributed by atoms with Crippen LogP contribution >= 0.6 is 22.9 Å². The van der Waals surface area contributed by atoms with Crippen molar-refractivity contribution in [2.24, 2.45) is 0 Å². The van der Waals surface area contributed by atoms with E-state index >= 15 is 0 Å². The summed E-state index contributed by atoms with van der Waals surface area (Å²) in [6.45, 7) is 0. The second-order valence-corrected chi connectivity index (χ2v) is 5.21. The minimum atomic E-state index is -0.110. The summed E-state index contributed by atoms with van der Waals surface area (Å²) in [5.74, 6) is -0.110. The lowest BCUT2D eigenvalue weighted by molar-refractivity contribution is 0.103. The number of benzene rings is 1. The third-order valence-corrected chi connectivity index (χ3v) is 4.04. The highest BCUT2D eigenvalue weighted by Gasteiger charge is 2.19. The molecule has 0 N–H and O–H groups in total. The molecule has 0 saturated carbocycles. The van der Waals surface area contributed by atoms with Crippen LogP contribution in [-0.2, 0) is 0 Å². The Kier molecular flexibility index (Phi) is 3.19. The maximum absolute atomic E-state index is 12.4. The van der Waals surface area contributed by atoms with E-state index in [1.54, 1.807) is 28.4 Å². The van der Waals surface area contributed by atoms with Crippen molar-refractivity contribution in [3.8, 4) is 5.69 Å². The summed E-state index contributed by atoms with van der Waals surface area (Å²) in [5, 5.41) is 6.49. The van der Waals surface area contributed by atoms with Gasteiger partial charge in [0.25, 0.3) is 0 Å². The summed E-state index contributed by atoms with van der Waals surface area (Å²) < 4.78 is 1.62. The van der Waals surface area contributed by atoms with Crippen molar-refractivity contribution < 1.29 is 4.79 Å². The Balaban J connectivity index is 2.06. The van der Waals surface area contributed by atoms with Crippen LogP contribution in [0.1, 0.15) is 15.4 Å². The first-order valence-corrected chi connectivity index (χ1v) is 6.90. The van der Waals surface area contributed by atoms with Gasteiger partial charge in [-0.1, -0.05) is 29.8 Å². The Bertz CT molecular complexity index is 718. The van der Waals surface area contributed by atoms with Gasteiger partial charge in [0.15, 0.2) is 0 Å². The van der Waals surface area contributed by atoms with Gasteiger partial charge in [-0.25, -0.2) is 4.68 Å². The second-order valence-electron chi connectivity index (χ2n) is 3.89. The highest BCUT2D eigenvalue weighted by atomic mass is 35.5. The van der Waals surface area contributed by atoms with E-state index < -0.39 is 0 Å². The van der Waals surface area contributed by atoms with E-state index in [9.17, 15) is 4.79 Å². The summed E-state index contributed by atoms with van der Waals surface area (Å²) >= 11 is 7.35. The van der Waals surface area contributed by atoms with Gasteiger partial charge in [-0.2, -0.15) is 5.10 Å². The lowest BCUT2D eigenvalue weighted by Crippen LogP contribution is -2.09. The lowest BCUT2D eigenvalue weighted by atomic mass is 10.2. The molecule has 0 amide bonds. The first-order valence-electron chi connectivity index (χ1n) is 5.64. The van der Waals surface area contributed by atoms with Crippen molar-refractivity contribution in [1.29, 1.82) is 0 Å². The molecule has 0 aliphatic carbocycles. The number of carbonyl (C=O) groups is 1. The molecule has 0 radical (unpaired) electrons. The average Bonchev–Trinajstić information content (AvgIpc) is 3.07. The van der Waals surface area contributed by atoms with E-state index in [0.717, 1.165) is 5.69 Å². The van der Waals surface area contributed by atoms with E-state index in [1.165, 1.54) is 11.3 Å². The fourth-order valence-electron chi connectivity index (χ4n) is 1.82. The number of para-hydroxylation sites is 1. The van der Waals surface area contributed by atoms with Gasteiger partial charge in [0.2, 0.25) is 5.78 Å². The normalized spacial score (nSPS) is 10.6. The fourth-order valence-corrected chi connectivity index (χ4v) is 2.91. The summed E-state index contributed by atoms with van der Waals surface area (Å²) in [4.78, 5) is 13.0. The van der Waals surface area contributed by atoms with E-state index in [0.29, 0.717) is 15.6 Å². The maximum Gasteiger partial charge on any atom is 0.222 e. The summed E-state index contributed by atoms with van der Waals surface area (Å²) in [7, 11) is 0. The number of ketones is 1. The van der Waals surface area contributed by atoms with E-state index in [-0.39, 0.29) is 5.78 Å². The van der Waals surface area contributed by atoms with Crippen molar-refractivity contribution in [2.75, 3.05) is 0 Å². The quantitative estimate of drug-likeness (QED) is 0.687. The van der Waals surface area contributed by atoms with Crippen LogP contribution in [0.4, 0.5) is 0 Å². The standard InChI is InChI=1S/C14H9ClN2OS/c15-11-7-9-19-14(11)13(18)12-6-8-16-17(12)10-4-2-1-3-5-10/h1-9H. The zero-order valence-corrected chi connectivity index (χ0v) is 11.4. The number of thiophene rings is 1. The predicted molar refractivity (Wildman–Crippen MR) is 76.3 cm³/mol. The van der Waals surface area contributed by atoms with Crippen LogP contribution in [-0.4, -0.2) is 15.6 Å². The minimum Gasteiger partial charge on any atom is -0.286 e. The van der Waals surface area contributed by atoms with Crippen LogP contribution < -0.4 is 0 Å². The van der Waals surface area contributed by atoms with Gasteiger partial charge in [-0.15, -0.1) is 11.3 Å². The van der Waals surface area contributed by atoms with Gasteiger partial charge < -0.3 is 0 Å². The molecule has 0 spiro atoms. The van der Waals surface area contributed by atoms with Gasteiger partial charge in [0, 0.05) is 0 Å². The van der Waals surface area contributed by atoms with Crippen molar-refractivity contribution in [3.05, 3.63) is 69.6 Å². The Morgan fingerprint density at radius 3 is 2.63 bits per heavy atom. The monoisotopic (exact) mass is 288 g/mol. The van der Waals surface area contributed by atoms with Crippen molar-refractivity contribution in [3.63, 3.8) is 0 Å². The molecule has 3 nitrogen and oxygen atoms in total. The molecular formula is C14H9ClN2OS. The third kappa shape index (κ3) is 2.20. The summed E-state index contributed by atoms with van der Waals surface area (Å²) in [6.07, 6.45) is 1.61. The first-order chi connectivity index (χ1) is 9.27. The van der Waals surface area contributed by atoms with Gasteiger partial charge >= 0.3 is 0 Å². The molecule has 94 valence electrons. The number of halogens is 1. The van der Waals surface area contributed by atoms with E-state index in [2.05, 4.69) is 5.10 Å². The van der Waals surface area contributed by atoms with E-state index in [1.807, 2.05) is 30.3 Å². The molecule has 0 saturated heterocycles. The largest absolute Gasteiger partial charge is 0.286 e. The fraction of sp³-hybridized carbons (Fsp3) is 0. The van der Waals surface area contributed by atoms with Crippen molar-refractivity contribution in [2.45, 2.75) is 0 Å². The van der Waals surface area contributed by atoms with Crippen LogP contribution in [0.25, 0.3) is 5.69 Å².